The molecule has 0 saturated carbocycles. The number of methoxy groups -OCH3 is 1. The molecule has 0 bridgehead atoms. The van der Waals surface area contributed by atoms with Crippen LogP contribution in [-0.2, 0) is 4.79 Å². The van der Waals surface area contributed by atoms with E-state index in [4.69, 9.17) is 21.1 Å². The summed E-state index contributed by atoms with van der Waals surface area (Å²) in [6, 6.07) is 12.6. The van der Waals surface area contributed by atoms with Crippen LogP contribution < -0.4 is 14.8 Å². The number of hydrogen-bond donors (Lipinski definition) is 1. The van der Waals surface area contributed by atoms with E-state index in [0.29, 0.717) is 22.2 Å². The SMILES string of the molecule is COc1ccccc1O[C@@H](C)C(=O)Nc1cccc(Cl)c1C. The average molecular weight is 320 g/mol. The monoisotopic (exact) mass is 319 g/mol. The van der Waals surface area contributed by atoms with E-state index in [1.54, 1.807) is 44.4 Å². The van der Waals surface area contributed by atoms with Gasteiger partial charge in [0, 0.05) is 10.7 Å². The third-order valence-electron chi connectivity index (χ3n) is 3.27. The molecule has 0 aromatic heterocycles. The number of nitrogens with one attached hydrogen (secondary N) is 1. The van der Waals surface area contributed by atoms with E-state index in [-0.39, 0.29) is 5.91 Å². The van der Waals surface area contributed by atoms with Gasteiger partial charge < -0.3 is 14.8 Å². The lowest BCUT2D eigenvalue weighted by Gasteiger charge is -2.17. The standard InChI is InChI=1S/C17H18ClNO3/c1-11-13(18)7-6-8-14(11)19-17(20)12(2)22-16-10-5-4-9-15(16)21-3/h4-10,12H,1-3H3,(H,19,20)/t12-/m0/s1. The molecule has 1 amide bonds. The van der Waals surface area contributed by atoms with Crippen LogP contribution in [0.2, 0.25) is 5.02 Å². The minimum Gasteiger partial charge on any atom is -0.493 e. The highest BCUT2D eigenvalue weighted by atomic mass is 35.5. The van der Waals surface area contributed by atoms with E-state index < -0.39 is 6.10 Å². The number of para-hydroxylation sites is 2. The Morgan fingerprint density at radius 3 is 2.50 bits per heavy atom. The molecule has 0 radical (unpaired) electrons. The van der Waals surface area contributed by atoms with E-state index in [1.165, 1.54) is 0 Å². The first kappa shape index (κ1) is 16.2. The van der Waals surface area contributed by atoms with Crippen LogP contribution in [0.1, 0.15) is 12.5 Å². The molecule has 5 heteroatoms. The van der Waals surface area contributed by atoms with Gasteiger partial charge in [-0.15, -0.1) is 0 Å². The Morgan fingerprint density at radius 1 is 1.14 bits per heavy atom. The number of anilines is 1. The van der Waals surface area contributed by atoms with Gasteiger partial charge in [0.05, 0.1) is 7.11 Å². The number of carbonyl (C=O) groups excluding carboxylic acids is 1. The first-order chi connectivity index (χ1) is 10.5. The molecule has 0 heterocycles. The highest BCUT2D eigenvalue weighted by molar-refractivity contribution is 6.31. The van der Waals surface area contributed by atoms with Crippen LogP contribution >= 0.6 is 11.6 Å². The van der Waals surface area contributed by atoms with Gasteiger partial charge in [-0.2, -0.15) is 0 Å². The first-order valence-corrected chi connectivity index (χ1v) is 7.26. The first-order valence-electron chi connectivity index (χ1n) is 6.88. The largest absolute Gasteiger partial charge is 0.493 e. The number of amides is 1. The Bertz CT molecular complexity index is 673. The zero-order valence-corrected chi connectivity index (χ0v) is 13.5. The number of halogens is 1. The summed E-state index contributed by atoms with van der Waals surface area (Å²) < 4.78 is 10.9. The molecule has 0 saturated heterocycles. The molecule has 0 fully saturated rings. The highest BCUT2D eigenvalue weighted by Crippen LogP contribution is 2.27. The van der Waals surface area contributed by atoms with Crippen molar-refractivity contribution in [1.82, 2.24) is 0 Å². The fraction of sp³-hybridized carbons (Fsp3) is 0.235. The number of hydrogen-bond acceptors (Lipinski definition) is 3. The van der Waals surface area contributed by atoms with Gasteiger partial charge in [-0.3, -0.25) is 4.79 Å². The molecule has 4 nitrogen and oxygen atoms in total. The third kappa shape index (κ3) is 3.71. The van der Waals surface area contributed by atoms with Crippen LogP contribution in [0.3, 0.4) is 0 Å². The maximum atomic E-state index is 12.3. The lowest BCUT2D eigenvalue weighted by atomic mass is 10.2. The van der Waals surface area contributed by atoms with Crippen molar-refractivity contribution < 1.29 is 14.3 Å². The summed E-state index contributed by atoms with van der Waals surface area (Å²) >= 11 is 6.05. The zero-order valence-electron chi connectivity index (χ0n) is 12.7. The number of ether oxygens (including phenoxy) is 2. The molecule has 0 aliphatic carbocycles. The number of benzene rings is 2. The molecular weight excluding hydrogens is 302 g/mol. The Morgan fingerprint density at radius 2 is 1.82 bits per heavy atom. The van der Waals surface area contributed by atoms with Crippen LogP contribution in [0.15, 0.2) is 42.5 Å². The van der Waals surface area contributed by atoms with E-state index >= 15 is 0 Å². The van der Waals surface area contributed by atoms with Crippen LogP contribution in [0, 0.1) is 6.92 Å². The maximum Gasteiger partial charge on any atom is 0.265 e. The summed E-state index contributed by atoms with van der Waals surface area (Å²) in [7, 11) is 1.56. The molecule has 1 N–H and O–H groups in total. The van der Waals surface area contributed by atoms with E-state index in [0.717, 1.165) is 5.56 Å². The van der Waals surface area contributed by atoms with Crippen molar-refractivity contribution in [3.63, 3.8) is 0 Å². The van der Waals surface area contributed by atoms with E-state index in [1.807, 2.05) is 19.1 Å². The van der Waals surface area contributed by atoms with Gasteiger partial charge in [0.25, 0.3) is 5.91 Å². The van der Waals surface area contributed by atoms with Gasteiger partial charge >= 0.3 is 0 Å². The van der Waals surface area contributed by atoms with Crippen molar-refractivity contribution in [2.45, 2.75) is 20.0 Å². The molecule has 2 aromatic rings. The van der Waals surface area contributed by atoms with Gasteiger partial charge in [0.1, 0.15) is 0 Å². The van der Waals surface area contributed by atoms with Crippen molar-refractivity contribution in [3.8, 4) is 11.5 Å². The lowest BCUT2D eigenvalue weighted by molar-refractivity contribution is -0.122. The summed E-state index contributed by atoms with van der Waals surface area (Å²) in [5.41, 5.74) is 1.50. The fourth-order valence-corrected chi connectivity index (χ4v) is 2.11. The van der Waals surface area contributed by atoms with Gasteiger partial charge in [0.15, 0.2) is 17.6 Å². The Hall–Kier alpha value is -2.20. The minimum absolute atomic E-state index is 0.253. The van der Waals surface area contributed by atoms with Crippen molar-refractivity contribution in [2.24, 2.45) is 0 Å². The smallest absolute Gasteiger partial charge is 0.265 e. The fourth-order valence-electron chi connectivity index (χ4n) is 1.94. The second-order valence-electron chi connectivity index (χ2n) is 4.81. The van der Waals surface area contributed by atoms with Crippen LogP contribution in [0.25, 0.3) is 0 Å². The molecule has 116 valence electrons. The maximum absolute atomic E-state index is 12.3. The number of carbonyl (C=O) groups is 1. The van der Waals surface area contributed by atoms with Crippen molar-refractivity contribution in [3.05, 3.63) is 53.1 Å². The second-order valence-corrected chi connectivity index (χ2v) is 5.22. The van der Waals surface area contributed by atoms with Crippen molar-refractivity contribution in [2.75, 3.05) is 12.4 Å². The van der Waals surface area contributed by atoms with Crippen molar-refractivity contribution >= 4 is 23.2 Å². The quantitative estimate of drug-likeness (QED) is 0.904. The summed E-state index contributed by atoms with van der Waals surface area (Å²) in [5, 5.41) is 3.43. The molecule has 0 aliphatic heterocycles. The Labute approximate surface area is 135 Å². The summed E-state index contributed by atoms with van der Waals surface area (Å²) in [6.45, 7) is 3.53. The molecular formula is C17H18ClNO3. The molecule has 22 heavy (non-hydrogen) atoms. The van der Waals surface area contributed by atoms with Gasteiger partial charge in [-0.05, 0) is 43.7 Å². The Balaban J connectivity index is 2.08. The topological polar surface area (TPSA) is 47.6 Å². The van der Waals surface area contributed by atoms with Gasteiger partial charge in [0.2, 0.25) is 0 Å². The highest BCUT2D eigenvalue weighted by Gasteiger charge is 2.17. The van der Waals surface area contributed by atoms with Crippen molar-refractivity contribution in [1.29, 1.82) is 0 Å². The summed E-state index contributed by atoms with van der Waals surface area (Å²) in [6.07, 6.45) is -0.672. The van der Waals surface area contributed by atoms with E-state index in [2.05, 4.69) is 5.32 Å². The van der Waals surface area contributed by atoms with Crippen LogP contribution in [0.4, 0.5) is 5.69 Å². The second kappa shape index (κ2) is 7.18. The third-order valence-corrected chi connectivity index (χ3v) is 3.68. The summed E-state index contributed by atoms with van der Waals surface area (Å²) in [5.74, 6) is 0.854. The lowest BCUT2D eigenvalue weighted by Crippen LogP contribution is -2.30. The number of rotatable bonds is 5. The van der Waals surface area contributed by atoms with Gasteiger partial charge in [-0.1, -0.05) is 29.8 Å². The average Bonchev–Trinajstić information content (AvgIpc) is 2.52. The minimum atomic E-state index is -0.672. The summed E-state index contributed by atoms with van der Waals surface area (Å²) in [4.78, 5) is 12.3. The normalized spacial score (nSPS) is 11.6. The molecule has 1 atom stereocenters. The molecule has 0 spiro atoms. The molecule has 2 aromatic carbocycles. The van der Waals surface area contributed by atoms with Crippen LogP contribution in [-0.4, -0.2) is 19.1 Å². The Kier molecular flexibility index (Phi) is 5.28. The molecule has 2 rings (SSSR count). The molecule has 0 unspecified atom stereocenters. The van der Waals surface area contributed by atoms with Crippen LogP contribution in [0.5, 0.6) is 11.5 Å². The zero-order chi connectivity index (χ0) is 16.1. The van der Waals surface area contributed by atoms with Gasteiger partial charge in [-0.25, -0.2) is 0 Å². The molecule has 0 aliphatic rings. The predicted octanol–water partition coefficient (Wildman–Crippen LogP) is 4.06. The van der Waals surface area contributed by atoms with E-state index in [9.17, 15) is 4.79 Å². The predicted molar refractivity (Wildman–Crippen MR) is 87.9 cm³/mol.